The first-order chi connectivity index (χ1) is 9.32. The maximum absolute atomic E-state index is 11.6. The van der Waals surface area contributed by atoms with Gasteiger partial charge in [-0.25, -0.2) is 4.79 Å². The summed E-state index contributed by atoms with van der Waals surface area (Å²) in [4.78, 5) is 32.5. The van der Waals surface area contributed by atoms with Crippen LogP contribution in [0.25, 0.3) is 0 Å². The molecule has 0 saturated heterocycles. The Balaban J connectivity index is 2.53. The third-order valence-corrected chi connectivity index (χ3v) is 2.13. The van der Waals surface area contributed by atoms with Crippen molar-refractivity contribution in [1.29, 1.82) is 0 Å². The molecule has 20 heavy (non-hydrogen) atoms. The van der Waals surface area contributed by atoms with Gasteiger partial charge in [0.1, 0.15) is 23.6 Å². The van der Waals surface area contributed by atoms with Crippen LogP contribution in [0.1, 0.15) is 20.8 Å². The zero-order chi connectivity index (χ0) is 15.2. The van der Waals surface area contributed by atoms with Gasteiger partial charge >= 0.3 is 12.1 Å². The van der Waals surface area contributed by atoms with Crippen LogP contribution < -0.4 is 4.74 Å². The van der Waals surface area contributed by atoms with Crippen molar-refractivity contribution in [2.24, 2.45) is 5.18 Å². The summed E-state index contributed by atoms with van der Waals surface area (Å²) in [5.41, 5.74) is -0.784. The Morgan fingerprint density at radius 2 is 1.80 bits per heavy atom. The molecule has 0 amide bonds. The van der Waals surface area contributed by atoms with E-state index in [1.807, 2.05) is 0 Å². The molecule has 0 saturated carbocycles. The van der Waals surface area contributed by atoms with Crippen LogP contribution in [0, 0.1) is 4.91 Å². The maximum Gasteiger partial charge on any atom is 0.514 e. The lowest BCUT2D eigenvalue weighted by molar-refractivity contribution is -0.147. The van der Waals surface area contributed by atoms with Gasteiger partial charge in [0.05, 0.1) is 0 Å². The van der Waals surface area contributed by atoms with Crippen LogP contribution in [0.3, 0.4) is 0 Å². The van der Waals surface area contributed by atoms with Crippen LogP contribution in [0.5, 0.6) is 5.75 Å². The van der Waals surface area contributed by atoms with Gasteiger partial charge in [0.2, 0.25) is 0 Å². The molecule has 0 unspecified atom stereocenters. The number of carbonyl (C=O) groups excluding carboxylic acids is 2. The highest BCUT2D eigenvalue weighted by atomic mass is 16.7. The van der Waals surface area contributed by atoms with Gasteiger partial charge in [0.15, 0.2) is 0 Å². The Bertz CT molecular complexity index is 494. The number of hydrogen-bond donors (Lipinski definition) is 0. The van der Waals surface area contributed by atoms with Crippen LogP contribution in [0.2, 0.25) is 0 Å². The van der Waals surface area contributed by atoms with Crippen molar-refractivity contribution in [2.45, 2.75) is 26.4 Å². The van der Waals surface area contributed by atoms with Crippen LogP contribution in [0.15, 0.2) is 29.4 Å². The van der Waals surface area contributed by atoms with E-state index in [9.17, 15) is 14.5 Å². The summed E-state index contributed by atoms with van der Waals surface area (Å²) in [6.45, 7) is 4.34. The highest BCUT2D eigenvalue weighted by Crippen LogP contribution is 2.19. The van der Waals surface area contributed by atoms with E-state index in [0.29, 0.717) is 0 Å². The predicted molar refractivity (Wildman–Crippen MR) is 69.7 cm³/mol. The Labute approximate surface area is 115 Å². The van der Waals surface area contributed by atoms with E-state index in [2.05, 4.69) is 5.18 Å². The summed E-state index contributed by atoms with van der Waals surface area (Å²) >= 11 is 0. The second-order valence-electron chi connectivity index (χ2n) is 4.58. The number of rotatable bonds is 5. The smallest absolute Gasteiger partial charge is 0.462 e. The first kappa shape index (κ1) is 15.6. The predicted octanol–water partition coefficient (Wildman–Crippen LogP) is 2.94. The van der Waals surface area contributed by atoms with Gasteiger partial charge < -0.3 is 14.2 Å². The number of nitrogens with zero attached hydrogens (tertiary/aromatic N) is 1. The molecular formula is C13H15NO6. The van der Waals surface area contributed by atoms with E-state index in [1.54, 1.807) is 13.8 Å². The van der Waals surface area contributed by atoms with E-state index in [1.165, 1.54) is 31.2 Å². The molecule has 0 aliphatic heterocycles. The lowest BCUT2D eigenvalue weighted by Gasteiger charge is -2.23. The van der Waals surface area contributed by atoms with Crippen LogP contribution in [-0.4, -0.2) is 24.3 Å². The quantitative estimate of drug-likeness (QED) is 0.468. The van der Waals surface area contributed by atoms with E-state index < -0.39 is 17.7 Å². The number of carbonyl (C=O) groups is 2. The summed E-state index contributed by atoms with van der Waals surface area (Å²) in [6.07, 6.45) is -0.936. The molecule has 7 nitrogen and oxygen atoms in total. The molecule has 0 radical (unpaired) electrons. The number of nitroso groups, excluding NO2 is 1. The average molecular weight is 281 g/mol. The van der Waals surface area contributed by atoms with Crippen LogP contribution in [-0.2, 0) is 14.3 Å². The first-order valence-corrected chi connectivity index (χ1v) is 5.80. The minimum absolute atomic E-state index is 0.0779. The Morgan fingerprint density at radius 1 is 1.20 bits per heavy atom. The van der Waals surface area contributed by atoms with Crippen molar-refractivity contribution in [1.82, 2.24) is 0 Å². The van der Waals surface area contributed by atoms with Crippen molar-refractivity contribution >= 4 is 17.8 Å². The second kappa shape index (κ2) is 6.65. The van der Waals surface area contributed by atoms with Gasteiger partial charge in [-0.15, -0.1) is 4.91 Å². The Morgan fingerprint density at radius 3 is 2.30 bits per heavy atom. The molecule has 0 heterocycles. The third kappa shape index (κ3) is 5.47. The maximum atomic E-state index is 11.6. The largest absolute Gasteiger partial charge is 0.514 e. The van der Waals surface area contributed by atoms with Crippen LogP contribution >= 0.6 is 0 Å². The van der Waals surface area contributed by atoms with Gasteiger partial charge in [-0.05, 0) is 43.3 Å². The van der Waals surface area contributed by atoms with Crippen molar-refractivity contribution in [3.8, 4) is 5.75 Å². The Kier molecular flexibility index (Phi) is 5.19. The molecule has 7 heteroatoms. The number of esters is 1. The minimum atomic E-state index is -1.01. The first-order valence-electron chi connectivity index (χ1n) is 5.80. The highest BCUT2D eigenvalue weighted by molar-refractivity contribution is 5.66. The van der Waals surface area contributed by atoms with Crippen molar-refractivity contribution in [2.75, 3.05) is 6.61 Å². The molecular weight excluding hydrogens is 266 g/mol. The van der Waals surface area contributed by atoms with Gasteiger partial charge in [-0.3, -0.25) is 4.79 Å². The molecule has 108 valence electrons. The average Bonchev–Trinajstić information content (AvgIpc) is 2.37. The van der Waals surface area contributed by atoms with E-state index >= 15 is 0 Å². The molecule has 0 N–H and O–H groups in total. The van der Waals surface area contributed by atoms with E-state index in [4.69, 9.17) is 14.2 Å². The van der Waals surface area contributed by atoms with E-state index in [0.717, 1.165) is 0 Å². The fourth-order valence-electron chi connectivity index (χ4n) is 1.22. The normalized spacial score (nSPS) is 10.6. The zero-order valence-electron chi connectivity index (χ0n) is 11.4. The van der Waals surface area contributed by atoms with Gasteiger partial charge in [-0.1, -0.05) is 0 Å². The summed E-state index contributed by atoms with van der Waals surface area (Å²) < 4.78 is 14.7. The van der Waals surface area contributed by atoms with Crippen LogP contribution in [0.4, 0.5) is 10.5 Å². The summed E-state index contributed by atoms with van der Waals surface area (Å²) in [5.74, 6) is -0.252. The molecule has 0 aromatic heterocycles. The van der Waals surface area contributed by atoms with E-state index in [-0.39, 0.29) is 18.0 Å². The Hall–Kier alpha value is -2.44. The molecule has 1 aromatic rings. The summed E-state index contributed by atoms with van der Waals surface area (Å²) in [5, 5.41) is 2.72. The molecule has 0 spiro atoms. The zero-order valence-corrected chi connectivity index (χ0v) is 11.4. The second-order valence-corrected chi connectivity index (χ2v) is 4.58. The monoisotopic (exact) mass is 281 g/mol. The molecule has 0 aliphatic rings. The number of benzene rings is 1. The number of hydrogen-bond acceptors (Lipinski definition) is 7. The third-order valence-electron chi connectivity index (χ3n) is 2.13. The molecule has 1 rings (SSSR count). The van der Waals surface area contributed by atoms with Gasteiger partial charge in [0, 0.05) is 6.92 Å². The van der Waals surface area contributed by atoms with Crippen molar-refractivity contribution in [3.63, 3.8) is 0 Å². The fourth-order valence-corrected chi connectivity index (χ4v) is 1.22. The van der Waals surface area contributed by atoms with Gasteiger partial charge in [0.25, 0.3) is 0 Å². The van der Waals surface area contributed by atoms with Crippen molar-refractivity contribution in [3.05, 3.63) is 29.2 Å². The van der Waals surface area contributed by atoms with Gasteiger partial charge in [-0.2, -0.15) is 0 Å². The molecule has 0 aliphatic carbocycles. The summed E-state index contributed by atoms with van der Waals surface area (Å²) in [6, 6.07) is 5.63. The lowest BCUT2D eigenvalue weighted by Crippen LogP contribution is -2.35. The molecule has 0 bridgehead atoms. The standard InChI is InChI=1S/C13H15NO6/c1-9(15)18-8-13(2,3)20-12(16)19-11-6-4-10(14-17)5-7-11/h4-7H,8H2,1-3H3. The summed E-state index contributed by atoms with van der Waals surface area (Å²) in [7, 11) is 0. The topological polar surface area (TPSA) is 91.3 Å². The number of ether oxygens (including phenoxy) is 3. The van der Waals surface area contributed by atoms with Crippen molar-refractivity contribution < 1.29 is 23.8 Å². The molecule has 0 atom stereocenters. The lowest BCUT2D eigenvalue weighted by atomic mass is 10.1. The highest BCUT2D eigenvalue weighted by Gasteiger charge is 2.25. The molecule has 1 aromatic carbocycles. The fraction of sp³-hybridized carbons (Fsp3) is 0.385. The molecule has 0 fully saturated rings. The minimum Gasteiger partial charge on any atom is -0.462 e. The SMILES string of the molecule is CC(=O)OCC(C)(C)OC(=O)Oc1ccc(N=O)cc1.